The Bertz CT molecular complexity index is 2420. The van der Waals surface area contributed by atoms with Gasteiger partial charge in [-0.15, -0.1) is 11.3 Å². The van der Waals surface area contributed by atoms with Gasteiger partial charge in [0.2, 0.25) is 0 Å². The summed E-state index contributed by atoms with van der Waals surface area (Å²) >= 11 is 1.86. The summed E-state index contributed by atoms with van der Waals surface area (Å²) in [5.41, 5.74) is 10.0. The first-order chi connectivity index (χ1) is 20.3. The quantitative estimate of drug-likeness (QED) is 0.217. The zero-order valence-electron chi connectivity index (χ0n) is 22.0. The minimum atomic E-state index is 0.901. The summed E-state index contributed by atoms with van der Waals surface area (Å²) in [7, 11) is 0. The van der Waals surface area contributed by atoms with Crippen molar-refractivity contribution in [3.05, 3.63) is 140 Å². The van der Waals surface area contributed by atoms with Crippen molar-refractivity contribution in [3.8, 4) is 27.9 Å². The Morgan fingerprint density at radius 2 is 1.12 bits per heavy atom. The van der Waals surface area contributed by atoms with Gasteiger partial charge in [-0.1, -0.05) is 91.0 Å². The molecule has 0 unspecified atom stereocenters. The largest absolute Gasteiger partial charge is 0.454 e. The van der Waals surface area contributed by atoms with Crippen LogP contribution in [-0.4, -0.2) is 4.57 Å². The van der Waals surface area contributed by atoms with Crippen LogP contribution >= 0.6 is 11.3 Å². The van der Waals surface area contributed by atoms with Gasteiger partial charge in [0.25, 0.3) is 0 Å². The molecule has 0 atom stereocenters. The van der Waals surface area contributed by atoms with Gasteiger partial charge >= 0.3 is 0 Å². The number of rotatable bonds is 3. The smallest absolute Gasteiger partial charge is 0.161 e. The van der Waals surface area contributed by atoms with Gasteiger partial charge in [0.05, 0.1) is 5.52 Å². The van der Waals surface area contributed by atoms with Crippen LogP contribution in [0.15, 0.2) is 144 Å². The van der Waals surface area contributed by atoms with Gasteiger partial charge < -0.3 is 8.98 Å². The number of aromatic nitrogens is 1. The molecule has 192 valence electrons. The lowest BCUT2D eigenvalue weighted by Gasteiger charge is -2.11. The number of hydrogen-bond donors (Lipinski definition) is 0. The first-order valence-corrected chi connectivity index (χ1v) is 14.7. The molecule has 41 heavy (non-hydrogen) atoms. The fourth-order valence-corrected chi connectivity index (χ4v) is 7.51. The third-order valence-corrected chi connectivity index (χ3v) is 9.35. The number of benzene rings is 6. The van der Waals surface area contributed by atoms with Crippen molar-refractivity contribution in [2.75, 3.05) is 0 Å². The molecule has 2 nitrogen and oxygen atoms in total. The highest BCUT2D eigenvalue weighted by Crippen LogP contribution is 2.42. The van der Waals surface area contributed by atoms with E-state index in [4.69, 9.17) is 4.42 Å². The maximum atomic E-state index is 6.65. The molecule has 0 spiro atoms. The highest BCUT2D eigenvalue weighted by Gasteiger charge is 2.20. The van der Waals surface area contributed by atoms with Gasteiger partial charge in [-0.3, -0.25) is 0 Å². The van der Waals surface area contributed by atoms with Gasteiger partial charge in [-0.25, -0.2) is 0 Å². The lowest BCUT2D eigenvalue weighted by molar-refractivity contribution is 0.673. The third-order valence-electron chi connectivity index (χ3n) is 8.22. The van der Waals surface area contributed by atoms with Crippen LogP contribution in [-0.2, 0) is 0 Å². The van der Waals surface area contributed by atoms with Gasteiger partial charge in [0.15, 0.2) is 5.58 Å². The number of thiophene rings is 1. The standard InChI is InChI=1S/C38H23NOS/c1-2-10-26(11-3-1)39-33-16-8-6-15-31(33)38-37(39)32-21-19-24(22-34(32)40-38)27-12-4-5-13-28(27)25-18-20-30-29-14-7-9-17-35(29)41-36(30)23-25/h1-23H. The Morgan fingerprint density at radius 1 is 0.488 bits per heavy atom. The fourth-order valence-electron chi connectivity index (χ4n) is 6.36. The maximum Gasteiger partial charge on any atom is 0.161 e. The van der Waals surface area contributed by atoms with E-state index in [1.807, 2.05) is 11.3 Å². The van der Waals surface area contributed by atoms with E-state index in [1.54, 1.807) is 0 Å². The minimum Gasteiger partial charge on any atom is -0.454 e. The predicted octanol–water partition coefficient (Wildman–Crippen LogP) is 11.2. The molecule has 9 aromatic rings. The molecule has 0 saturated carbocycles. The molecular formula is C38H23NOS. The summed E-state index contributed by atoms with van der Waals surface area (Å²) < 4.78 is 11.6. The van der Waals surface area contributed by atoms with Crippen LogP contribution in [0.2, 0.25) is 0 Å². The molecule has 0 aliphatic carbocycles. The molecular weight excluding hydrogens is 518 g/mol. The van der Waals surface area contributed by atoms with Crippen LogP contribution < -0.4 is 0 Å². The fraction of sp³-hybridized carbons (Fsp3) is 0. The van der Waals surface area contributed by atoms with E-state index < -0.39 is 0 Å². The molecule has 0 radical (unpaired) electrons. The van der Waals surface area contributed by atoms with Crippen molar-refractivity contribution >= 4 is 64.5 Å². The zero-order chi connectivity index (χ0) is 26.9. The Hall–Kier alpha value is -5.12. The molecule has 0 saturated heterocycles. The Morgan fingerprint density at radius 3 is 1.95 bits per heavy atom. The van der Waals surface area contributed by atoms with Crippen LogP contribution in [0, 0.1) is 0 Å². The highest BCUT2D eigenvalue weighted by molar-refractivity contribution is 7.25. The van der Waals surface area contributed by atoms with Crippen molar-refractivity contribution in [2.45, 2.75) is 0 Å². The molecule has 0 N–H and O–H groups in total. The van der Waals surface area contributed by atoms with Crippen molar-refractivity contribution in [1.82, 2.24) is 4.57 Å². The second-order valence-electron chi connectivity index (χ2n) is 10.5. The first kappa shape index (κ1) is 22.7. The summed E-state index contributed by atoms with van der Waals surface area (Å²) in [6, 6.07) is 49.9. The van der Waals surface area contributed by atoms with E-state index in [0.717, 1.165) is 44.2 Å². The monoisotopic (exact) mass is 541 g/mol. The van der Waals surface area contributed by atoms with Crippen LogP contribution in [0.3, 0.4) is 0 Å². The van der Waals surface area contributed by atoms with Gasteiger partial charge in [0, 0.05) is 36.6 Å². The van der Waals surface area contributed by atoms with Crippen LogP contribution in [0.1, 0.15) is 0 Å². The van der Waals surface area contributed by atoms with E-state index in [2.05, 4.69) is 144 Å². The van der Waals surface area contributed by atoms with Crippen LogP contribution in [0.25, 0.3) is 81.1 Å². The second kappa shape index (κ2) is 8.69. The first-order valence-electron chi connectivity index (χ1n) is 13.9. The molecule has 0 aliphatic rings. The van der Waals surface area contributed by atoms with Crippen molar-refractivity contribution in [3.63, 3.8) is 0 Å². The molecule has 9 rings (SSSR count). The summed E-state index contributed by atoms with van der Waals surface area (Å²) in [5, 5.41) is 4.89. The van der Waals surface area contributed by atoms with E-state index >= 15 is 0 Å². The number of fused-ring (bicyclic) bond motifs is 8. The zero-order valence-corrected chi connectivity index (χ0v) is 22.9. The molecule has 0 fully saturated rings. The minimum absolute atomic E-state index is 0.901. The summed E-state index contributed by atoms with van der Waals surface area (Å²) in [6.07, 6.45) is 0. The number of para-hydroxylation sites is 2. The predicted molar refractivity (Wildman–Crippen MR) is 174 cm³/mol. The second-order valence-corrected chi connectivity index (χ2v) is 11.6. The Balaban J connectivity index is 1.24. The highest BCUT2D eigenvalue weighted by atomic mass is 32.1. The molecule has 3 aromatic heterocycles. The van der Waals surface area contributed by atoms with Gasteiger partial charge in [0.1, 0.15) is 11.1 Å². The summed E-state index contributed by atoms with van der Waals surface area (Å²) in [5.74, 6) is 0. The molecule has 0 aliphatic heterocycles. The summed E-state index contributed by atoms with van der Waals surface area (Å²) in [4.78, 5) is 0. The summed E-state index contributed by atoms with van der Waals surface area (Å²) in [6.45, 7) is 0. The molecule has 3 heterocycles. The van der Waals surface area contributed by atoms with Crippen molar-refractivity contribution in [2.24, 2.45) is 0 Å². The number of hydrogen-bond acceptors (Lipinski definition) is 2. The maximum absolute atomic E-state index is 6.65. The van der Waals surface area contributed by atoms with Crippen LogP contribution in [0.5, 0.6) is 0 Å². The van der Waals surface area contributed by atoms with Gasteiger partial charge in [-0.05, 0) is 70.8 Å². The molecule has 3 heteroatoms. The average Bonchev–Trinajstić information content (AvgIpc) is 3.69. The third kappa shape index (κ3) is 3.36. The lowest BCUT2D eigenvalue weighted by atomic mass is 9.94. The van der Waals surface area contributed by atoms with Crippen LogP contribution in [0.4, 0.5) is 0 Å². The Labute approximate surface area is 240 Å². The molecule has 6 aromatic carbocycles. The van der Waals surface area contributed by atoms with Crippen molar-refractivity contribution < 1.29 is 4.42 Å². The number of nitrogens with zero attached hydrogens (tertiary/aromatic N) is 1. The van der Waals surface area contributed by atoms with Gasteiger partial charge in [-0.2, -0.15) is 0 Å². The van der Waals surface area contributed by atoms with E-state index in [0.29, 0.717) is 0 Å². The average molecular weight is 542 g/mol. The van der Waals surface area contributed by atoms with E-state index in [9.17, 15) is 0 Å². The van der Waals surface area contributed by atoms with Crippen molar-refractivity contribution in [1.29, 1.82) is 0 Å². The number of furan rings is 1. The topological polar surface area (TPSA) is 18.1 Å². The normalized spacial score (nSPS) is 11.9. The lowest BCUT2D eigenvalue weighted by Crippen LogP contribution is -1.92. The van der Waals surface area contributed by atoms with E-state index in [-0.39, 0.29) is 0 Å². The van der Waals surface area contributed by atoms with E-state index in [1.165, 1.54) is 36.9 Å². The Kier molecular flexibility index (Phi) is 4.80. The molecule has 0 amide bonds. The molecule has 0 bridgehead atoms. The SMILES string of the molecule is c1ccc(-n2c3ccccc3c3oc4cc(-c5ccccc5-c5ccc6c(c5)sc5ccccc56)ccc4c32)cc1.